The van der Waals surface area contributed by atoms with E-state index < -0.39 is 23.8 Å². The fourth-order valence-electron chi connectivity index (χ4n) is 4.05. The molecular weight excluding hydrogens is 452 g/mol. The van der Waals surface area contributed by atoms with Gasteiger partial charge in [0.15, 0.2) is 0 Å². The quantitative estimate of drug-likeness (QED) is 0.547. The number of rotatable bonds is 6. The first-order valence-electron chi connectivity index (χ1n) is 11.7. The number of hydrogen-bond acceptors (Lipinski definition) is 8. The van der Waals surface area contributed by atoms with Gasteiger partial charge in [-0.05, 0) is 71.2 Å². The van der Waals surface area contributed by atoms with Gasteiger partial charge in [0.1, 0.15) is 11.6 Å². The molecule has 1 saturated heterocycles. The first-order valence-corrected chi connectivity index (χ1v) is 11.7. The zero-order valence-electron chi connectivity index (χ0n) is 21.5. The van der Waals surface area contributed by atoms with Gasteiger partial charge in [-0.1, -0.05) is 11.2 Å². The average Bonchev–Trinajstić information content (AvgIpc) is 3.18. The smallest absolute Gasteiger partial charge is 0.408 e. The lowest BCUT2D eigenvalue weighted by Crippen LogP contribution is -2.53. The Morgan fingerprint density at radius 3 is 2.60 bits per heavy atom. The molecule has 1 aromatic carbocycles. The van der Waals surface area contributed by atoms with E-state index in [4.69, 9.17) is 9.15 Å². The van der Waals surface area contributed by atoms with Gasteiger partial charge in [-0.25, -0.2) is 9.59 Å². The largest absolute Gasteiger partial charge is 0.465 e. The highest BCUT2D eigenvalue weighted by molar-refractivity contribution is 5.68. The van der Waals surface area contributed by atoms with Crippen molar-refractivity contribution in [1.29, 1.82) is 0 Å². The summed E-state index contributed by atoms with van der Waals surface area (Å²) in [6.45, 7) is 15.7. The van der Waals surface area contributed by atoms with Gasteiger partial charge in [0.05, 0.1) is 0 Å². The Balaban J connectivity index is 1.67. The Labute approximate surface area is 205 Å². The molecule has 2 amide bonds. The Morgan fingerprint density at radius 1 is 1.26 bits per heavy atom. The van der Waals surface area contributed by atoms with E-state index in [-0.39, 0.29) is 17.9 Å². The Hall–Kier alpha value is -3.34. The van der Waals surface area contributed by atoms with Gasteiger partial charge in [0.2, 0.25) is 5.89 Å². The first kappa shape index (κ1) is 26.3. The summed E-state index contributed by atoms with van der Waals surface area (Å²) in [5.74, 6) is 0.258. The number of anilines is 2. The molecule has 3 N–H and O–H groups in total. The van der Waals surface area contributed by atoms with Crippen LogP contribution in [0.25, 0.3) is 0 Å². The molecule has 1 fully saturated rings. The van der Waals surface area contributed by atoms with Gasteiger partial charge >= 0.3 is 18.2 Å². The lowest BCUT2D eigenvalue weighted by Gasteiger charge is -2.38. The summed E-state index contributed by atoms with van der Waals surface area (Å²) in [5, 5.41) is 23.3. The number of amides is 2. The molecule has 1 unspecified atom stereocenters. The molecule has 11 heteroatoms. The van der Waals surface area contributed by atoms with Crippen molar-refractivity contribution in [3.05, 3.63) is 34.7 Å². The number of ether oxygens (including phenoxy) is 1. The number of alkyl carbamates (subject to hydrolysis) is 1. The number of hydrogen-bond donors (Lipinski definition) is 3. The molecule has 0 saturated carbocycles. The minimum Gasteiger partial charge on any atom is -0.465 e. The number of carboxylic acid groups (broad SMARTS) is 1. The van der Waals surface area contributed by atoms with Gasteiger partial charge in [-0.3, -0.25) is 4.90 Å². The molecule has 3 rings (SSSR count). The van der Waals surface area contributed by atoms with Gasteiger partial charge < -0.3 is 29.8 Å². The summed E-state index contributed by atoms with van der Waals surface area (Å²) >= 11 is 0. The summed E-state index contributed by atoms with van der Waals surface area (Å²) in [4.78, 5) is 27.1. The molecule has 2 heterocycles. The molecule has 1 aliphatic rings. The van der Waals surface area contributed by atoms with Crippen LogP contribution in [0, 0.1) is 13.8 Å². The number of aromatic nitrogens is 2. The minimum absolute atomic E-state index is 0.0583. The van der Waals surface area contributed by atoms with Gasteiger partial charge in [0, 0.05) is 37.9 Å². The van der Waals surface area contributed by atoms with Crippen LogP contribution in [0.4, 0.5) is 21.3 Å². The van der Waals surface area contributed by atoms with Crippen molar-refractivity contribution in [3.63, 3.8) is 0 Å². The minimum atomic E-state index is -0.870. The molecule has 192 valence electrons. The number of nitrogens with one attached hydrogen (secondary N) is 2. The van der Waals surface area contributed by atoms with Crippen LogP contribution < -0.4 is 10.6 Å². The number of piperazine rings is 1. The Kier molecular flexibility index (Phi) is 7.89. The van der Waals surface area contributed by atoms with Crippen LogP contribution in [0.15, 0.2) is 16.5 Å². The highest BCUT2D eigenvalue weighted by atomic mass is 16.6. The predicted molar refractivity (Wildman–Crippen MR) is 131 cm³/mol. The highest BCUT2D eigenvalue weighted by Crippen LogP contribution is 2.27. The van der Waals surface area contributed by atoms with Crippen molar-refractivity contribution in [3.8, 4) is 0 Å². The van der Waals surface area contributed by atoms with E-state index in [9.17, 15) is 14.7 Å². The summed E-state index contributed by atoms with van der Waals surface area (Å²) in [6, 6.07) is 3.79. The van der Waals surface area contributed by atoms with Crippen LogP contribution in [0.2, 0.25) is 0 Å². The number of carbonyl (C=O) groups excluding carboxylic acids is 1. The normalized spacial score (nSPS) is 17.7. The molecule has 35 heavy (non-hydrogen) atoms. The third-order valence-electron chi connectivity index (χ3n) is 5.80. The second kappa shape index (κ2) is 10.5. The summed E-state index contributed by atoms with van der Waals surface area (Å²) in [7, 11) is 0. The van der Waals surface area contributed by atoms with Gasteiger partial charge in [0.25, 0.3) is 0 Å². The highest BCUT2D eigenvalue weighted by Gasteiger charge is 2.27. The second-order valence-corrected chi connectivity index (χ2v) is 10.1. The fraction of sp³-hybridized carbons (Fsp3) is 0.583. The predicted octanol–water partition coefficient (Wildman–Crippen LogP) is 4.20. The summed E-state index contributed by atoms with van der Waals surface area (Å²) in [5.41, 5.74) is 3.50. The van der Waals surface area contributed by atoms with Gasteiger partial charge in [-0.2, -0.15) is 0 Å². The fourth-order valence-corrected chi connectivity index (χ4v) is 4.05. The number of benzene rings is 1. The molecule has 0 radical (unpaired) electrons. The van der Waals surface area contributed by atoms with E-state index >= 15 is 0 Å². The van der Waals surface area contributed by atoms with Crippen molar-refractivity contribution >= 4 is 23.9 Å². The van der Waals surface area contributed by atoms with E-state index in [0.717, 1.165) is 22.4 Å². The van der Waals surface area contributed by atoms with Crippen molar-refractivity contribution in [2.45, 2.75) is 72.7 Å². The first-order chi connectivity index (χ1) is 16.3. The van der Waals surface area contributed by atoms with Crippen molar-refractivity contribution < 1.29 is 23.8 Å². The van der Waals surface area contributed by atoms with Crippen LogP contribution in [0.3, 0.4) is 0 Å². The summed E-state index contributed by atoms with van der Waals surface area (Å²) < 4.78 is 11.0. The zero-order chi connectivity index (χ0) is 25.9. The van der Waals surface area contributed by atoms with E-state index in [1.165, 1.54) is 4.90 Å². The van der Waals surface area contributed by atoms with Crippen LogP contribution in [0.1, 0.15) is 63.2 Å². The van der Waals surface area contributed by atoms with E-state index in [0.29, 0.717) is 26.2 Å². The molecule has 1 aliphatic heterocycles. The summed E-state index contributed by atoms with van der Waals surface area (Å²) in [6.07, 6.45) is -1.43. The van der Waals surface area contributed by atoms with E-state index in [2.05, 4.69) is 31.8 Å². The number of nitrogens with zero attached hydrogens (tertiary/aromatic N) is 4. The van der Waals surface area contributed by atoms with Crippen LogP contribution in [-0.2, 0) is 11.3 Å². The SMILES string of the molecule is Cc1cc(CN2CCN(C(=O)O)[C@@H](C)C2)c(C)c(Nc2nnc(C(C)NC(=O)OC(C)(C)C)o2)c1. The maximum absolute atomic E-state index is 12.0. The number of carbonyl (C=O) groups is 2. The zero-order valence-corrected chi connectivity index (χ0v) is 21.5. The topological polar surface area (TPSA) is 133 Å². The molecular formula is C24H36N6O5. The molecule has 1 aromatic heterocycles. The van der Waals surface area contributed by atoms with Crippen molar-refractivity contribution in [2.24, 2.45) is 0 Å². The third-order valence-corrected chi connectivity index (χ3v) is 5.80. The van der Waals surface area contributed by atoms with Crippen molar-refractivity contribution in [1.82, 2.24) is 25.3 Å². The van der Waals surface area contributed by atoms with E-state index in [1.54, 1.807) is 27.7 Å². The van der Waals surface area contributed by atoms with Crippen molar-refractivity contribution in [2.75, 3.05) is 25.0 Å². The maximum atomic E-state index is 12.0. The lowest BCUT2D eigenvalue weighted by molar-refractivity contribution is 0.0500. The average molecular weight is 489 g/mol. The number of aryl methyl sites for hydroxylation is 1. The molecule has 11 nitrogen and oxygen atoms in total. The third kappa shape index (κ3) is 7.08. The lowest BCUT2D eigenvalue weighted by atomic mass is 10.0. The molecule has 2 aromatic rings. The Morgan fingerprint density at radius 2 is 1.97 bits per heavy atom. The Bertz CT molecular complexity index is 1060. The maximum Gasteiger partial charge on any atom is 0.408 e. The molecule has 0 aliphatic carbocycles. The molecule has 0 spiro atoms. The molecule has 0 bridgehead atoms. The van der Waals surface area contributed by atoms with Crippen LogP contribution in [-0.4, -0.2) is 68.6 Å². The van der Waals surface area contributed by atoms with E-state index in [1.807, 2.05) is 26.8 Å². The van der Waals surface area contributed by atoms with Crippen LogP contribution in [0.5, 0.6) is 0 Å². The van der Waals surface area contributed by atoms with Gasteiger partial charge in [-0.15, -0.1) is 5.10 Å². The molecule has 2 atom stereocenters. The second-order valence-electron chi connectivity index (χ2n) is 10.1. The van der Waals surface area contributed by atoms with Crippen LogP contribution >= 0.6 is 0 Å². The standard InChI is InChI=1S/C24H36N6O5/c1-14-10-18(13-29-8-9-30(23(32)33)15(2)12-29)16(3)19(11-14)26-21-28-27-20(34-21)17(4)25-22(31)35-24(5,6)7/h10-11,15,17H,8-9,12-13H2,1-7H3,(H,25,31)(H,26,28)(H,32,33)/t15-,17?/m0/s1. The monoisotopic (exact) mass is 488 g/mol.